The fourth-order valence-electron chi connectivity index (χ4n) is 4.95. The molecule has 3 heterocycles. The lowest BCUT2D eigenvalue weighted by atomic mass is 10.0. The lowest BCUT2D eigenvalue weighted by Gasteiger charge is -2.10. The van der Waals surface area contributed by atoms with Crippen LogP contribution in [0.4, 0.5) is 0 Å². The Morgan fingerprint density at radius 2 is 1.50 bits per heavy atom. The van der Waals surface area contributed by atoms with Crippen LogP contribution >= 0.6 is 11.3 Å². The lowest BCUT2D eigenvalue weighted by molar-refractivity contribution is 0.304. The van der Waals surface area contributed by atoms with Gasteiger partial charge in [0.15, 0.2) is 5.69 Å². The lowest BCUT2D eigenvalue weighted by Crippen LogP contribution is -2.26. The molecule has 0 saturated heterocycles. The van der Waals surface area contributed by atoms with Crippen LogP contribution in [0.1, 0.15) is 16.7 Å². The second-order valence-electron chi connectivity index (χ2n) is 10.2. The molecule has 0 N–H and O–H groups in total. The van der Waals surface area contributed by atoms with Gasteiger partial charge in [-0.3, -0.25) is 9.59 Å². The highest BCUT2D eigenvalue weighted by atomic mass is 32.1. The van der Waals surface area contributed by atoms with Crippen molar-refractivity contribution in [3.63, 3.8) is 0 Å². The minimum Gasteiger partial charge on any atom is -0.489 e. The molecular weight excluding hydrogens is 570 g/mol. The van der Waals surface area contributed by atoms with Gasteiger partial charge < -0.3 is 4.74 Å². The van der Waals surface area contributed by atoms with Gasteiger partial charge in [0.05, 0.1) is 10.2 Å². The molecule has 0 saturated carbocycles. The van der Waals surface area contributed by atoms with E-state index >= 15 is 0 Å². The Bertz CT molecular complexity index is 2280. The van der Waals surface area contributed by atoms with Gasteiger partial charge in [-0.2, -0.15) is 19.7 Å². The van der Waals surface area contributed by atoms with Crippen LogP contribution < -0.4 is 20.4 Å². The highest BCUT2D eigenvalue weighted by molar-refractivity contribution is 7.15. The Hall–Kier alpha value is -5.67. The number of thiazole rings is 1. The van der Waals surface area contributed by atoms with E-state index in [4.69, 9.17) is 9.84 Å². The summed E-state index contributed by atoms with van der Waals surface area (Å²) in [5, 5.41) is 9.31. The van der Waals surface area contributed by atoms with Crippen molar-refractivity contribution in [1.82, 2.24) is 24.4 Å². The molecule has 44 heavy (non-hydrogen) atoms. The van der Waals surface area contributed by atoms with Crippen molar-refractivity contribution in [2.24, 2.45) is 0 Å². The largest absolute Gasteiger partial charge is 0.489 e. The molecule has 0 bridgehead atoms. The number of nitrogens with zero attached hydrogens (tertiary/aromatic N) is 5. The van der Waals surface area contributed by atoms with E-state index in [2.05, 4.69) is 10.1 Å². The summed E-state index contributed by atoms with van der Waals surface area (Å²) in [6.45, 7) is 2.47. The van der Waals surface area contributed by atoms with Crippen LogP contribution in [-0.4, -0.2) is 24.4 Å². The first-order valence-electron chi connectivity index (χ1n) is 14.0. The van der Waals surface area contributed by atoms with Gasteiger partial charge in [0, 0.05) is 22.9 Å². The number of fused-ring (bicyclic) bond motifs is 1. The fourth-order valence-corrected chi connectivity index (χ4v) is 5.85. The molecule has 0 aliphatic carbocycles. The molecule has 0 aliphatic heterocycles. The van der Waals surface area contributed by atoms with E-state index in [1.54, 1.807) is 22.9 Å². The standard InChI is InChI=1S/C35H25N5O3S/c1-23-19-26(17-18-29(23)43-22-24-11-5-2-6-12-24)31-27(21-39(37-31)28-15-9-4-10-16-28)20-30-34(42)40-35(44-30)36-33(41)32(38-40)25-13-7-3-8-14-25/h2-21H,22H2,1H3. The molecule has 7 rings (SSSR count). The van der Waals surface area contributed by atoms with Gasteiger partial charge in [-0.15, -0.1) is 0 Å². The summed E-state index contributed by atoms with van der Waals surface area (Å²) in [7, 11) is 0. The molecule has 0 fully saturated rings. The molecule has 8 nitrogen and oxygen atoms in total. The zero-order chi connectivity index (χ0) is 30.0. The molecule has 0 spiro atoms. The van der Waals surface area contributed by atoms with Gasteiger partial charge in [-0.25, -0.2) is 4.68 Å². The van der Waals surface area contributed by atoms with Crippen molar-refractivity contribution in [1.29, 1.82) is 0 Å². The first-order valence-corrected chi connectivity index (χ1v) is 14.8. The minimum absolute atomic E-state index is 0.132. The third kappa shape index (κ3) is 5.32. The molecule has 0 aliphatic rings. The van der Waals surface area contributed by atoms with E-state index in [1.165, 1.54) is 4.52 Å². The number of hydrogen-bond donors (Lipinski definition) is 0. The number of aryl methyl sites for hydroxylation is 1. The summed E-state index contributed by atoms with van der Waals surface area (Å²) in [4.78, 5) is 30.7. The normalized spacial score (nSPS) is 11.7. The van der Waals surface area contributed by atoms with E-state index in [0.717, 1.165) is 45.0 Å². The second-order valence-corrected chi connectivity index (χ2v) is 11.2. The van der Waals surface area contributed by atoms with E-state index in [1.807, 2.05) is 110 Å². The van der Waals surface area contributed by atoms with E-state index in [-0.39, 0.29) is 16.2 Å². The summed E-state index contributed by atoms with van der Waals surface area (Å²) in [5.41, 5.74) is 5.15. The van der Waals surface area contributed by atoms with Crippen molar-refractivity contribution in [3.8, 4) is 34.0 Å². The highest BCUT2D eigenvalue weighted by Gasteiger charge is 2.16. The van der Waals surface area contributed by atoms with Gasteiger partial charge in [-0.1, -0.05) is 90.2 Å². The van der Waals surface area contributed by atoms with Crippen LogP contribution in [0.2, 0.25) is 0 Å². The van der Waals surface area contributed by atoms with Crippen LogP contribution in [0.15, 0.2) is 125 Å². The van der Waals surface area contributed by atoms with Crippen molar-refractivity contribution in [3.05, 3.63) is 157 Å². The fraction of sp³-hybridized carbons (Fsp3) is 0.0571. The van der Waals surface area contributed by atoms with Crippen molar-refractivity contribution in [2.75, 3.05) is 0 Å². The number of rotatable bonds is 7. The Morgan fingerprint density at radius 1 is 0.795 bits per heavy atom. The van der Waals surface area contributed by atoms with Gasteiger partial charge in [-0.05, 0) is 54.5 Å². The third-order valence-corrected chi connectivity index (χ3v) is 8.13. The summed E-state index contributed by atoms with van der Waals surface area (Å²) >= 11 is 1.12. The van der Waals surface area contributed by atoms with Crippen LogP contribution in [0.3, 0.4) is 0 Å². The predicted molar refractivity (Wildman–Crippen MR) is 172 cm³/mol. The first kappa shape index (κ1) is 27.2. The van der Waals surface area contributed by atoms with Crippen molar-refractivity contribution >= 4 is 22.4 Å². The second kappa shape index (κ2) is 11.5. The van der Waals surface area contributed by atoms with E-state index < -0.39 is 5.56 Å². The van der Waals surface area contributed by atoms with Crippen molar-refractivity contribution in [2.45, 2.75) is 13.5 Å². The van der Waals surface area contributed by atoms with E-state index in [9.17, 15) is 9.59 Å². The Balaban J connectivity index is 1.32. The van der Waals surface area contributed by atoms with Crippen LogP contribution in [0.25, 0.3) is 39.2 Å². The average Bonchev–Trinajstić information content (AvgIpc) is 3.61. The number of ether oxygens (including phenoxy) is 1. The topological polar surface area (TPSA) is 91.4 Å². The summed E-state index contributed by atoms with van der Waals surface area (Å²) in [5.74, 6) is 0.785. The quantitative estimate of drug-likeness (QED) is 0.243. The highest BCUT2D eigenvalue weighted by Crippen LogP contribution is 2.29. The maximum Gasteiger partial charge on any atom is 0.300 e. The van der Waals surface area contributed by atoms with Gasteiger partial charge in [0.1, 0.15) is 18.1 Å². The molecule has 214 valence electrons. The third-order valence-electron chi connectivity index (χ3n) is 7.17. The average molecular weight is 596 g/mol. The van der Waals surface area contributed by atoms with Gasteiger partial charge >= 0.3 is 5.56 Å². The summed E-state index contributed by atoms with van der Waals surface area (Å²) in [6.07, 6.45) is 3.68. The first-order chi connectivity index (χ1) is 21.5. The molecule has 4 aromatic carbocycles. The molecule has 0 unspecified atom stereocenters. The minimum atomic E-state index is -0.480. The zero-order valence-corrected chi connectivity index (χ0v) is 24.4. The maximum absolute atomic E-state index is 13.5. The van der Waals surface area contributed by atoms with Crippen LogP contribution in [-0.2, 0) is 6.61 Å². The predicted octanol–water partition coefficient (Wildman–Crippen LogP) is 5.47. The van der Waals surface area contributed by atoms with Gasteiger partial charge in [0.25, 0.3) is 5.56 Å². The Kier molecular flexibility index (Phi) is 7.13. The van der Waals surface area contributed by atoms with E-state index in [0.29, 0.717) is 22.4 Å². The SMILES string of the molecule is Cc1cc(-c2nn(-c3ccccc3)cc2C=c2sc3nc(=O)c(-c4ccccc4)nn3c2=O)ccc1OCc1ccccc1. The molecule has 3 aromatic heterocycles. The monoisotopic (exact) mass is 595 g/mol. The summed E-state index contributed by atoms with van der Waals surface area (Å²) in [6, 6.07) is 34.8. The Labute approximate surface area is 255 Å². The zero-order valence-electron chi connectivity index (χ0n) is 23.6. The molecule has 0 radical (unpaired) electrons. The van der Waals surface area contributed by atoms with Crippen LogP contribution in [0, 0.1) is 6.92 Å². The number of aromatic nitrogens is 5. The number of para-hydroxylation sites is 1. The molecule has 0 atom stereocenters. The van der Waals surface area contributed by atoms with Gasteiger partial charge in [0.2, 0.25) is 4.96 Å². The molecule has 9 heteroatoms. The Morgan fingerprint density at radius 3 is 2.23 bits per heavy atom. The maximum atomic E-state index is 13.5. The number of hydrogen-bond acceptors (Lipinski definition) is 7. The molecular formula is C35H25N5O3S. The smallest absolute Gasteiger partial charge is 0.300 e. The van der Waals surface area contributed by atoms with Crippen LogP contribution in [0.5, 0.6) is 5.75 Å². The molecule has 0 amide bonds. The van der Waals surface area contributed by atoms with Crippen molar-refractivity contribution < 1.29 is 4.74 Å². The molecule has 7 aromatic rings. The number of benzene rings is 4. The summed E-state index contributed by atoms with van der Waals surface area (Å²) < 4.78 is 9.48.